The van der Waals surface area contributed by atoms with E-state index in [1.807, 2.05) is 0 Å². The van der Waals surface area contributed by atoms with Gasteiger partial charge >= 0.3 is 0 Å². The Kier molecular flexibility index (Phi) is 3.76. The van der Waals surface area contributed by atoms with Crippen LogP contribution in [0.1, 0.15) is 0 Å². The topological polar surface area (TPSA) is 34.1 Å². The van der Waals surface area contributed by atoms with Crippen LogP contribution in [0.3, 0.4) is 0 Å². The highest BCUT2D eigenvalue weighted by Crippen LogP contribution is 2.29. The summed E-state index contributed by atoms with van der Waals surface area (Å²) in [6, 6.07) is 5.20. The molecule has 0 fully saturated rings. The van der Waals surface area contributed by atoms with E-state index in [0.29, 0.717) is 10.2 Å². The van der Waals surface area contributed by atoms with Crippen molar-refractivity contribution in [1.82, 2.24) is 4.98 Å². The summed E-state index contributed by atoms with van der Waals surface area (Å²) in [4.78, 5) is 3.89. The zero-order chi connectivity index (χ0) is 13.1. The molecule has 94 valence electrons. The van der Waals surface area contributed by atoms with Crippen LogP contribution in [0.25, 0.3) is 0 Å². The Morgan fingerprint density at radius 1 is 1.28 bits per heavy atom. The van der Waals surface area contributed by atoms with Gasteiger partial charge in [0.1, 0.15) is 11.6 Å². The standard InChI is InChI=1S/C12H9BrF2N2O/c1-18-11-5-8(14)2-3-10(11)17-12-9(15)4-7(13)6-16-12/h2-6H,1H3,(H,16,17). The van der Waals surface area contributed by atoms with Gasteiger partial charge in [0, 0.05) is 16.7 Å². The molecule has 0 aliphatic rings. The average Bonchev–Trinajstić information content (AvgIpc) is 2.34. The van der Waals surface area contributed by atoms with Crippen molar-refractivity contribution >= 4 is 27.4 Å². The molecule has 18 heavy (non-hydrogen) atoms. The van der Waals surface area contributed by atoms with E-state index in [2.05, 4.69) is 26.2 Å². The molecule has 0 unspecified atom stereocenters. The van der Waals surface area contributed by atoms with Gasteiger partial charge in [0.2, 0.25) is 0 Å². The molecule has 0 atom stereocenters. The van der Waals surface area contributed by atoms with Gasteiger partial charge < -0.3 is 10.1 Å². The van der Waals surface area contributed by atoms with Gasteiger partial charge in [-0.05, 0) is 34.1 Å². The van der Waals surface area contributed by atoms with Gasteiger partial charge in [-0.3, -0.25) is 0 Å². The van der Waals surface area contributed by atoms with E-state index >= 15 is 0 Å². The van der Waals surface area contributed by atoms with Crippen molar-refractivity contribution in [3.63, 3.8) is 0 Å². The first-order valence-electron chi connectivity index (χ1n) is 5.02. The first kappa shape index (κ1) is 12.8. The quantitative estimate of drug-likeness (QED) is 0.933. The molecular weight excluding hydrogens is 306 g/mol. The monoisotopic (exact) mass is 314 g/mol. The van der Waals surface area contributed by atoms with Crippen LogP contribution in [-0.4, -0.2) is 12.1 Å². The summed E-state index contributed by atoms with van der Waals surface area (Å²) in [5.74, 6) is -0.625. The van der Waals surface area contributed by atoms with Crippen LogP contribution in [0.5, 0.6) is 5.75 Å². The molecule has 0 bridgehead atoms. The van der Waals surface area contributed by atoms with E-state index in [-0.39, 0.29) is 11.6 Å². The number of pyridine rings is 1. The number of hydrogen-bond acceptors (Lipinski definition) is 3. The van der Waals surface area contributed by atoms with Crippen molar-refractivity contribution in [1.29, 1.82) is 0 Å². The maximum absolute atomic E-state index is 13.6. The third kappa shape index (κ3) is 2.76. The smallest absolute Gasteiger partial charge is 0.166 e. The molecule has 1 N–H and O–H groups in total. The molecule has 1 aromatic carbocycles. The molecule has 0 spiro atoms. The number of rotatable bonds is 3. The summed E-state index contributed by atoms with van der Waals surface area (Å²) >= 11 is 3.11. The molecule has 1 aromatic heterocycles. The maximum Gasteiger partial charge on any atom is 0.166 e. The van der Waals surface area contributed by atoms with Gasteiger partial charge in [-0.2, -0.15) is 0 Å². The van der Waals surface area contributed by atoms with Gasteiger partial charge in [-0.25, -0.2) is 13.8 Å². The highest BCUT2D eigenvalue weighted by Gasteiger charge is 2.09. The Labute approximate surface area is 111 Å². The highest BCUT2D eigenvalue weighted by atomic mass is 79.9. The summed E-state index contributed by atoms with van der Waals surface area (Å²) in [5.41, 5.74) is 0.438. The Balaban J connectivity index is 2.33. The largest absolute Gasteiger partial charge is 0.494 e. The summed E-state index contributed by atoms with van der Waals surface area (Å²) < 4.78 is 32.1. The van der Waals surface area contributed by atoms with Crippen molar-refractivity contribution in [2.24, 2.45) is 0 Å². The van der Waals surface area contributed by atoms with E-state index in [0.717, 1.165) is 0 Å². The third-order valence-corrected chi connectivity index (χ3v) is 2.66. The van der Waals surface area contributed by atoms with E-state index < -0.39 is 11.6 Å². The zero-order valence-electron chi connectivity index (χ0n) is 9.38. The molecular formula is C12H9BrF2N2O. The fraction of sp³-hybridized carbons (Fsp3) is 0.0833. The number of halogens is 3. The Morgan fingerprint density at radius 3 is 2.72 bits per heavy atom. The second kappa shape index (κ2) is 5.30. The number of ether oxygens (including phenoxy) is 1. The molecule has 0 radical (unpaired) electrons. The normalized spacial score (nSPS) is 10.2. The van der Waals surface area contributed by atoms with Gasteiger partial charge in [0.05, 0.1) is 12.8 Å². The molecule has 0 aliphatic heterocycles. The molecule has 6 heteroatoms. The van der Waals surface area contributed by atoms with E-state index in [4.69, 9.17) is 4.74 Å². The van der Waals surface area contributed by atoms with Crippen LogP contribution >= 0.6 is 15.9 Å². The van der Waals surface area contributed by atoms with E-state index in [1.54, 1.807) is 0 Å². The van der Waals surface area contributed by atoms with Gasteiger partial charge in [-0.1, -0.05) is 0 Å². The van der Waals surface area contributed by atoms with E-state index in [1.165, 1.54) is 37.6 Å². The first-order valence-corrected chi connectivity index (χ1v) is 5.81. The van der Waals surface area contributed by atoms with Crippen LogP contribution in [0.2, 0.25) is 0 Å². The minimum absolute atomic E-state index is 0.0445. The summed E-state index contributed by atoms with van der Waals surface area (Å²) in [7, 11) is 1.41. The van der Waals surface area contributed by atoms with Crippen molar-refractivity contribution in [3.05, 3.63) is 46.6 Å². The first-order chi connectivity index (χ1) is 8.60. The van der Waals surface area contributed by atoms with Gasteiger partial charge in [-0.15, -0.1) is 0 Å². The minimum Gasteiger partial charge on any atom is -0.494 e. The zero-order valence-corrected chi connectivity index (χ0v) is 11.0. The number of nitrogens with zero attached hydrogens (tertiary/aromatic N) is 1. The van der Waals surface area contributed by atoms with Crippen molar-refractivity contribution in [2.75, 3.05) is 12.4 Å². The molecule has 0 aliphatic carbocycles. The van der Waals surface area contributed by atoms with Crippen LogP contribution in [0.4, 0.5) is 20.3 Å². The molecule has 2 aromatic rings. The summed E-state index contributed by atoms with van der Waals surface area (Å²) in [6.07, 6.45) is 1.46. The molecule has 3 nitrogen and oxygen atoms in total. The second-order valence-electron chi connectivity index (χ2n) is 3.45. The summed E-state index contributed by atoms with van der Waals surface area (Å²) in [5, 5.41) is 2.75. The number of anilines is 2. The van der Waals surface area contributed by atoms with Crippen LogP contribution < -0.4 is 10.1 Å². The van der Waals surface area contributed by atoms with Crippen molar-refractivity contribution in [2.45, 2.75) is 0 Å². The van der Waals surface area contributed by atoms with E-state index in [9.17, 15) is 8.78 Å². The van der Waals surface area contributed by atoms with Crippen LogP contribution in [-0.2, 0) is 0 Å². The third-order valence-electron chi connectivity index (χ3n) is 2.22. The molecule has 1 heterocycles. The predicted octanol–water partition coefficient (Wildman–Crippen LogP) is 3.87. The van der Waals surface area contributed by atoms with Crippen molar-refractivity contribution in [3.8, 4) is 5.75 Å². The van der Waals surface area contributed by atoms with Crippen molar-refractivity contribution < 1.29 is 13.5 Å². The number of aromatic nitrogens is 1. The van der Waals surface area contributed by atoms with Crippen LogP contribution in [0.15, 0.2) is 34.9 Å². The van der Waals surface area contributed by atoms with Gasteiger partial charge in [0.25, 0.3) is 0 Å². The molecule has 0 amide bonds. The number of methoxy groups -OCH3 is 1. The molecule has 2 rings (SSSR count). The maximum atomic E-state index is 13.6. The second-order valence-corrected chi connectivity index (χ2v) is 4.37. The van der Waals surface area contributed by atoms with Gasteiger partial charge in [0.15, 0.2) is 11.6 Å². The Morgan fingerprint density at radius 2 is 2.06 bits per heavy atom. The fourth-order valence-corrected chi connectivity index (χ4v) is 1.71. The predicted molar refractivity (Wildman–Crippen MR) is 68.1 cm³/mol. The molecule has 0 saturated heterocycles. The SMILES string of the molecule is COc1cc(F)ccc1Nc1ncc(Br)cc1F. The molecule has 0 saturated carbocycles. The lowest BCUT2D eigenvalue weighted by molar-refractivity contribution is 0.413. The Hall–Kier alpha value is -1.69. The highest BCUT2D eigenvalue weighted by molar-refractivity contribution is 9.10. The number of benzene rings is 1. The Bertz CT molecular complexity index is 578. The minimum atomic E-state index is -0.518. The lowest BCUT2D eigenvalue weighted by Gasteiger charge is -2.11. The average molecular weight is 315 g/mol. The summed E-state index contributed by atoms with van der Waals surface area (Å²) in [6.45, 7) is 0. The lowest BCUT2D eigenvalue weighted by atomic mass is 10.2. The number of nitrogens with one attached hydrogen (secondary N) is 1. The fourth-order valence-electron chi connectivity index (χ4n) is 1.40. The number of hydrogen-bond donors (Lipinski definition) is 1. The lowest BCUT2D eigenvalue weighted by Crippen LogP contribution is -1.99. The van der Waals surface area contributed by atoms with Crippen LogP contribution in [0, 0.1) is 11.6 Å².